The fourth-order valence-corrected chi connectivity index (χ4v) is 3.66. The summed E-state index contributed by atoms with van der Waals surface area (Å²) in [7, 11) is 0.185. The van der Waals surface area contributed by atoms with Crippen LogP contribution in [0.4, 0.5) is 4.39 Å². The molecule has 2 aromatic heterocycles. The average Bonchev–Trinajstić information content (AvgIpc) is 3.27. The Morgan fingerprint density at radius 1 is 1.26 bits per heavy atom. The number of nitrogens with one attached hydrogen (secondary N) is 1. The van der Waals surface area contributed by atoms with Crippen molar-refractivity contribution in [3.05, 3.63) is 77.9 Å². The standard InChI is InChI=1S/C23H23FN4O3S.C3H8/c1-5-18(19-14-26-28(20(19)6-2)17-9-7-16(24)8-10-17)23(29)25-13-15-11-21(31-3)27-22(12-15)32(4)30;1-3-2/h5-12,14H,2,13H2,1,3-4H3,(H,25,29);3H2,1-2H3/b18-5+;. The van der Waals surface area contributed by atoms with Gasteiger partial charge in [0, 0.05) is 30.0 Å². The molecule has 0 aliphatic carbocycles. The summed E-state index contributed by atoms with van der Waals surface area (Å²) in [6, 6.07) is 9.21. The molecular weight excluding hydrogens is 467 g/mol. The van der Waals surface area contributed by atoms with Crippen molar-refractivity contribution < 1.29 is 18.1 Å². The largest absolute Gasteiger partial charge is 0.481 e. The summed E-state index contributed by atoms with van der Waals surface area (Å²) in [5.74, 6) is -0.343. The highest BCUT2D eigenvalue weighted by Gasteiger charge is 2.19. The molecule has 7 nitrogen and oxygen atoms in total. The third-order valence-corrected chi connectivity index (χ3v) is 5.49. The smallest absolute Gasteiger partial charge is 0.251 e. The Morgan fingerprint density at radius 3 is 2.46 bits per heavy atom. The molecule has 35 heavy (non-hydrogen) atoms. The molecule has 0 saturated heterocycles. The van der Waals surface area contributed by atoms with E-state index in [2.05, 4.69) is 35.8 Å². The quantitative estimate of drug-likeness (QED) is 0.445. The summed E-state index contributed by atoms with van der Waals surface area (Å²) in [5, 5.41) is 7.59. The second kappa shape index (κ2) is 13.3. The molecule has 0 aliphatic rings. The van der Waals surface area contributed by atoms with Gasteiger partial charge in [-0.1, -0.05) is 32.9 Å². The zero-order valence-electron chi connectivity index (χ0n) is 20.7. The second-order valence-electron chi connectivity index (χ2n) is 7.44. The summed E-state index contributed by atoms with van der Waals surface area (Å²) in [4.78, 5) is 17.1. The highest BCUT2D eigenvalue weighted by atomic mass is 32.2. The van der Waals surface area contributed by atoms with Crippen LogP contribution in [0.15, 0.2) is 60.3 Å². The first-order valence-electron chi connectivity index (χ1n) is 11.1. The van der Waals surface area contributed by atoms with E-state index in [1.165, 1.54) is 31.9 Å². The van der Waals surface area contributed by atoms with Gasteiger partial charge in [-0.15, -0.1) is 0 Å². The summed E-state index contributed by atoms with van der Waals surface area (Å²) < 4.78 is 31.8. The van der Waals surface area contributed by atoms with Gasteiger partial charge in [0.05, 0.1) is 35.5 Å². The SMILES string of the molecule is C=Cc1c(/C(=C\C)C(=O)NCc2cc(OC)nc(S(C)=O)c2)cnn1-c1ccc(F)cc1.CCC. The number of nitrogens with zero attached hydrogens (tertiary/aromatic N) is 3. The number of benzene rings is 1. The topological polar surface area (TPSA) is 86.1 Å². The third kappa shape index (κ3) is 7.19. The number of carbonyl (C=O) groups excluding carboxylic acids is 1. The summed E-state index contributed by atoms with van der Waals surface area (Å²) in [6.07, 6.45) is 7.63. The van der Waals surface area contributed by atoms with Crippen molar-refractivity contribution >= 4 is 28.4 Å². The molecule has 1 amide bonds. The average molecular weight is 499 g/mol. The maximum Gasteiger partial charge on any atom is 0.251 e. The maximum absolute atomic E-state index is 13.3. The van der Waals surface area contributed by atoms with Crippen LogP contribution in [0.1, 0.15) is 44.0 Å². The molecule has 3 rings (SSSR count). The zero-order valence-corrected chi connectivity index (χ0v) is 21.5. The summed E-state index contributed by atoms with van der Waals surface area (Å²) in [6.45, 7) is 10.0. The van der Waals surface area contributed by atoms with E-state index in [9.17, 15) is 13.4 Å². The first-order valence-corrected chi connectivity index (χ1v) is 12.6. The van der Waals surface area contributed by atoms with Gasteiger partial charge >= 0.3 is 0 Å². The second-order valence-corrected chi connectivity index (χ2v) is 8.76. The lowest BCUT2D eigenvalue weighted by Crippen LogP contribution is -2.24. The van der Waals surface area contributed by atoms with Gasteiger partial charge in [-0.25, -0.2) is 14.1 Å². The van der Waals surface area contributed by atoms with Gasteiger partial charge in [0.25, 0.3) is 5.91 Å². The van der Waals surface area contributed by atoms with E-state index in [-0.39, 0.29) is 18.3 Å². The first-order chi connectivity index (χ1) is 16.8. The molecule has 0 aliphatic heterocycles. The Kier molecular flexibility index (Phi) is 10.5. The number of carbonyl (C=O) groups is 1. The van der Waals surface area contributed by atoms with Crippen LogP contribution < -0.4 is 10.1 Å². The van der Waals surface area contributed by atoms with Crippen LogP contribution in [0.2, 0.25) is 0 Å². The van der Waals surface area contributed by atoms with Crippen molar-refractivity contribution in [1.82, 2.24) is 20.1 Å². The van der Waals surface area contributed by atoms with Gasteiger partial charge in [-0.2, -0.15) is 5.10 Å². The number of ether oxygens (including phenoxy) is 1. The maximum atomic E-state index is 13.3. The molecule has 0 fully saturated rings. The number of amides is 1. The molecule has 1 N–H and O–H groups in total. The minimum absolute atomic E-state index is 0.189. The van der Waals surface area contributed by atoms with Crippen LogP contribution in [0.3, 0.4) is 0 Å². The van der Waals surface area contributed by atoms with E-state index in [0.29, 0.717) is 39.0 Å². The number of rotatable bonds is 8. The van der Waals surface area contributed by atoms with Gasteiger partial charge in [0.2, 0.25) is 5.88 Å². The minimum Gasteiger partial charge on any atom is -0.481 e. The van der Waals surface area contributed by atoms with Crippen molar-refractivity contribution in [3.8, 4) is 11.6 Å². The van der Waals surface area contributed by atoms with Crippen molar-refractivity contribution in [2.45, 2.75) is 38.8 Å². The van der Waals surface area contributed by atoms with Crippen LogP contribution in [0.25, 0.3) is 17.3 Å². The third-order valence-electron chi connectivity index (χ3n) is 4.69. The van der Waals surface area contributed by atoms with Crippen molar-refractivity contribution in [2.24, 2.45) is 0 Å². The van der Waals surface area contributed by atoms with Gasteiger partial charge in [0.1, 0.15) is 10.8 Å². The lowest BCUT2D eigenvalue weighted by molar-refractivity contribution is -0.115. The number of hydrogen-bond acceptors (Lipinski definition) is 5. The number of hydrogen-bond donors (Lipinski definition) is 1. The molecule has 0 radical (unpaired) electrons. The molecule has 186 valence electrons. The lowest BCUT2D eigenvalue weighted by Gasteiger charge is -2.11. The van der Waals surface area contributed by atoms with E-state index in [4.69, 9.17) is 4.74 Å². The van der Waals surface area contributed by atoms with Gasteiger partial charge in [-0.3, -0.25) is 9.00 Å². The molecule has 0 bridgehead atoms. The van der Waals surface area contributed by atoms with Crippen LogP contribution in [-0.2, 0) is 22.1 Å². The van der Waals surface area contributed by atoms with E-state index in [1.807, 2.05) is 0 Å². The molecule has 1 aromatic carbocycles. The zero-order chi connectivity index (χ0) is 26.0. The highest BCUT2D eigenvalue weighted by Crippen LogP contribution is 2.24. The molecule has 2 heterocycles. The monoisotopic (exact) mass is 498 g/mol. The van der Waals surface area contributed by atoms with Gasteiger partial charge in [0.15, 0.2) is 0 Å². The summed E-state index contributed by atoms with van der Waals surface area (Å²) in [5.41, 5.74) is 2.96. The molecule has 1 unspecified atom stereocenters. The summed E-state index contributed by atoms with van der Waals surface area (Å²) >= 11 is 0. The fraction of sp³-hybridized carbons (Fsp3) is 0.269. The Balaban J connectivity index is 0.00000137. The number of aromatic nitrogens is 3. The normalized spacial score (nSPS) is 11.8. The van der Waals surface area contributed by atoms with E-state index in [0.717, 1.165) is 0 Å². The number of halogens is 1. The van der Waals surface area contributed by atoms with Crippen molar-refractivity contribution in [2.75, 3.05) is 13.4 Å². The molecule has 0 saturated carbocycles. The minimum atomic E-state index is -1.29. The number of pyridine rings is 1. The van der Waals surface area contributed by atoms with E-state index < -0.39 is 10.8 Å². The van der Waals surface area contributed by atoms with Crippen LogP contribution >= 0.6 is 0 Å². The van der Waals surface area contributed by atoms with Crippen molar-refractivity contribution in [3.63, 3.8) is 0 Å². The van der Waals surface area contributed by atoms with Crippen LogP contribution in [-0.4, -0.2) is 38.2 Å². The predicted octanol–water partition coefficient (Wildman–Crippen LogP) is 4.93. The molecule has 3 aromatic rings. The Hall–Kier alpha value is -3.59. The molecular formula is C26H31FN4O3S. The fourth-order valence-electron chi connectivity index (χ4n) is 3.12. The predicted molar refractivity (Wildman–Crippen MR) is 138 cm³/mol. The lowest BCUT2D eigenvalue weighted by atomic mass is 10.1. The van der Waals surface area contributed by atoms with E-state index in [1.54, 1.807) is 54.2 Å². The Morgan fingerprint density at radius 2 is 1.91 bits per heavy atom. The number of allylic oxidation sites excluding steroid dienone is 1. The van der Waals surface area contributed by atoms with Crippen LogP contribution in [0, 0.1) is 5.82 Å². The Labute approximate surface area is 208 Å². The van der Waals surface area contributed by atoms with E-state index >= 15 is 0 Å². The van der Waals surface area contributed by atoms with Gasteiger partial charge < -0.3 is 10.1 Å². The number of methoxy groups -OCH3 is 1. The molecule has 1 atom stereocenters. The van der Waals surface area contributed by atoms with Gasteiger partial charge in [-0.05, 0) is 48.9 Å². The Bertz CT molecular complexity index is 1220. The molecule has 9 heteroatoms. The van der Waals surface area contributed by atoms with Crippen molar-refractivity contribution in [1.29, 1.82) is 0 Å². The highest BCUT2D eigenvalue weighted by molar-refractivity contribution is 7.84. The molecule has 0 spiro atoms. The van der Waals surface area contributed by atoms with Crippen LogP contribution in [0.5, 0.6) is 5.88 Å². The first kappa shape index (κ1) is 27.7.